The van der Waals surface area contributed by atoms with E-state index in [4.69, 9.17) is 5.26 Å². The van der Waals surface area contributed by atoms with Gasteiger partial charge in [-0.25, -0.2) is 9.98 Å². The molecule has 0 bridgehead atoms. The summed E-state index contributed by atoms with van der Waals surface area (Å²) in [6, 6.07) is 3.76. The second-order valence-corrected chi connectivity index (χ2v) is 3.74. The molecule has 0 atom stereocenters. The van der Waals surface area contributed by atoms with Crippen molar-refractivity contribution in [2.24, 2.45) is 4.99 Å². The second kappa shape index (κ2) is 5.14. The van der Waals surface area contributed by atoms with Gasteiger partial charge in [-0.3, -0.25) is 0 Å². The van der Waals surface area contributed by atoms with Gasteiger partial charge in [0.05, 0.1) is 11.8 Å². The Morgan fingerprint density at radius 3 is 3.00 bits per heavy atom. The molecule has 0 aliphatic rings. The summed E-state index contributed by atoms with van der Waals surface area (Å²) >= 11 is 0. The molecule has 0 saturated carbocycles. The number of likely N-dealkylation sites (N-methyl/N-ethyl adjacent to an activating group) is 1. The second-order valence-electron chi connectivity index (χ2n) is 3.74. The molecule has 0 saturated heterocycles. The number of hydrogen-bond donors (Lipinski definition) is 1. The lowest BCUT2D eigenvalue weighted by atomic mass is 10.2. The fraction of sp³-hybridized carbons (Fsp3) is 0.0769. The summed E-state index contributed by atoms with van der Waals surface area (Å²) in [5.41, 5.74) is 1.78. The first-order chi connectivity index (χ1) is 9.19. The summed E-state index contributed by atoms with van der Waals surface area (Å²) in [6.45, 7) is 7.32. The highest BCUT2D eigenvalue weighted by atomic mass is 15.3. The maximum absolute atomic E-state index is 8.83. The average molecular weight is 252 g/mol. The lowest BCUT2D eigenvalue weighted by Crippen LogP contribution is -2.05. The highest BCUT2D eigenvalue weighted by Gasteiger charge is 2.08. The summed E-state index contributed by atoms with van der Waals surface area (Å²) in [4.78, 5) is 8.13. The highest BCUT2D eigenvalue weighted by Crippen LogP contribution is 2.17. The van der Waals surface area contributed by atoms with Crippen molar-refractivity contribution in [1.82, 2.24) is 20.1 Å². The van der Waals surface area contributed by atoms with Crippen LogP contribution in [-0.4, -0.2) is 28.5 Å². The molecule has 2 aromatic rings. The van der Waals surface area contributed by atoms with E-state index >= 15 is 0 Å². The largest absolute Gasteiger partial charge is 0.388 e. The van der Waals surface area contributed by atoms with Crippen LogP contribution >= 0.6 is 0 Å². The number of aromatic nitrogens is 3. The summed E-state index contributed by atoms with van der Waals surface area (Å²) in [7, 11) is 1.76. The molecule has 2 heterocycles. The molecule has 6 heteroatoms. The van der Waals surface area contributed by atoms with Gasteiger partial charge < -0.3 is 5.32 Å². The van der Waals surface area contributed by atoms with Crippen LogP contribution in [0.25, 0.3) is 16.9 Å². The Morgan fingerprint density at radius 1 is 1.58 bits per heavy atom. The summed E-state index contributed by atoms with van der Waals surface area (Å²) in [5, 5.41) is 16.7. The molecule has 0 spiro atoms. The number of allylic oxidation sites excluding steroid dienone is 1. The zero-order chi connectivity index (χ0) is 13.8. The van der Waals surface area contributed by atoms with Gasteiger partial charge in [-0.15, -0.1) is 0 Å². The van der Waals surface area contributed by atoms with E-state index in [1.807, 2.05) is 6.07 Å². The van der Waals surface area contributed by atoms with E-state index in [0.717, 1.165) is 5.39 Å². The van der Waals surface area contributed by atoms with Gasteiger partial charge in [-0.1, -0.05) is 6.58 Å². The molecule has 0 fully saturated rings. The zero-order valence-corrected chi connectivity index (χ0v) is 10.5. The Hall–Kier alpha value is -2.94. The van der Waals surface area contributed by atoms with Crippen molar-refractivity contribution >= 4 is 23.6 Å². The quantitative estimate of drug-likeness (QED) is 0.661. The molecule has 0 aromatic carbocycles. The molecular formula is C13H12N6. The van der Waals surface area contributed by atoms with E-state index in [2.05, 4.69) is 33.7 Å². The van der Waals surface area contributed by atoms with Crippen molar-refractivity contribution < 1.29 is 0 Å². The van der Waals surface area contributed by atoms with Gasteiger partial charge in [0.2, 0.25) is 0 Å². The van der Waals surface area contributed by atoms with E-state index in [1.165, 1.54) is 6.20 Å². The lowest BCUT2D eigenvalue weighted by Gasteiger charge is -2.04. The number of nitrogens with one attached hydrogen (secondary N) is 1. The van der Waals surface area contributed by atoms with Crippen molar-refractivity contribution in [3.8, 4) is 6.07 Å². The van der Waals surface area contributed by atoms with E-state index in [0.29, 0.717) is 22.7 Å². The molecule has 2 rings (SSSR count). The normalized spacial score (nSPS) is 11.1. The van der Waals surface area contributed by atoms with E-state index in [-0.39, 0.29) is 0 Å². The molecular weight excluding hydrogens is 240 g/mol. The Bertz CT molecular complexity index is 716. The molecule has 0 aliphatic heterocycles. The van der Waals surface area contributed by atoms with Gasteiger partial charge in [0, 0.05) is 30.4 Å². The average Bonchev–Trinajstić information content (AvgIpc) is 2.87. The number of fused-ring (bicyclic) bond motifs is 1. The third-order valence-corrected chi connectivity index (χ3v) is 2.54. The minimum atomic E-state index is 0.490. The number of aliphatic imine (C=N–C) groups is 1. The van der Waals surface area contributed by atoms with Crippen LogP contribution in [-0.2, 0) is 0 Å². The Kier molecular flexibility index (Phi) is 3.39. The number of pyridine rings is 1. The lowest BCUT2D eigenvalue weighted by molar-refractivity contribution is 0.899. The number of nitriles is 1. The summed E-state index contributed by atoms with van der Waals surface area (Å²) in [6.07, 6.45) is 4.83. The molecule has 6 nitrogen and oxygen atoms in total. The van der Waals surface area contributed by atoms with Crippen LogP contribution < -0.4 is 5.32 Å². The standard InChI is InChI=1S/C13H12N6/c1-9(15-2)4-12(16-3)19-13-11(8-18-19)5-10(6-14)7-17-13/h4-5,7-8,15H,1,3H2,2H3/b12-4+. The van der Waals surface area contributed by atoms with Crippen LogP contribution in [0.4, 0.5) is 0 Å². The monoisotopic (exact) mass is 252 g/mol. The molecule has 1 N–H and O–H groups in total. The van der Waals surface area contributed by atoms with Crippen molar-refractivity contribution in [2.75, 3.05) is 7.05 Å². The van der Waals surface area contributed by atoms with Crippen LogP contribution in [0.2, 0.25) is 0 Å². The highest BCUT2D eigenvalue weighted by molar-refractivity contribution is 5.79. The number of nitrogens with zero attached hydrogens (tertiary/aromatic N) is 5. The molecule has 0 radical (unpaired) electrons. The zero-order valence-electron chi connectivity index (χ0n) is 10.5. The van der Waals surface area contributed by atoms with E-state index in [9.17, 15) is 0 Å². The summed E-state index contributed by atoms with van der Waals surface area (Å²) < 4.78 is 1.55. The summed E-state index contributed by atoms with van der Waals surface area (Å²) in [5.74, 6) is 0.506. The predicted octanol–water partition coefficient (Wildman–Crippen LogP) is 1.54. The SMILES string of the molecule is C=N/C(=C\C(=C)NC)n1ncc2cc(C#N)cnc21. The maximum atomic E-state index is 8.83. The van der Waals surface area contributed by atoms with Crippen molar-refractivity contribution in [3.05, 3.63) is 42.4 Å². The van der Waals surface area contributed by atoms with Crippen LogP contribution in [0.1, 0.15) is 5.56 Å². The van der Waals surface area contributed by atoms with Gasteiger partial charge in [0.15, 0.2) is 11.5 Å². The van der Waals surface area contributed by atoms with Crippen molar-refractivity contribution in [2.45, 2.75) is 0 Å². The molecule has 0 amide bonds. The first-order valence-electron chi connectivity index (χ1n) is 5.49. The van der Waals surface area contributed by atoms with Crippen LogP contribution in [0, 0.1) is 11.3 Å². The first-order valence-corrected chi connectivity index (χ1v) is 5.49. The van der Waals surface area contributed by atoms with Gasteiger partial charge in [-0.2, -0.15) is 15.0 Å². The maximum Gasteiger partial charge on any atom is 0.164 e. The van der Waals surface area contributed by atoms with Gasteiger partial charge in [0.25, 0.3) is 0 Å². The van der Waals surface area contributed by atoms with Crippen LogP contribution in [0.5, 0.6) is 0 Å². The Labute approximate surface area is 110 Å². The molecule has 19 heavy (non-hydrogen) atoms. The van der Waals surface area contributed by atoms with Crippen molar-refractivity contribution in [1.29, 1.82) is 5.26 Å². The minimum absolute atomic E-state index is 0.490. The molecule has 2 aromatic heterocycles. The van der Waals surface area contributed by atoms with E-state index < -0.39 is 0 Å². The first kappa shape index (κ1) is 12.5. The third-order valence-electron chi connectivity index (χ3n) is 2.54. The van der Waals surface area contributed by atoms with Crippen molar-refractivity contribution in [3.63, 3.8) is 0 Å². The van der Waals surface area contributed by atoms with Gasteiger partial charge in [-0.05, 0) is 12.8 Å². The smallest absolute Gasteiger partial charge is 0.164 e. The molecule has 0 unspecified atom stereocenters. The predicted molar refractivity (Wildman–Crippen MR) is 74.3 cm³/mol. The van der Waals surface area contributed by atoms with Gasteiger partial charge in [0.1, 0.15) is 6.07 Å². The third kappa shape index (κ3) is 2.35. The Morgan fingerprint density at radius 2 is 2.37 bits per heavy atom. The molecule has 94 valence electrons. The number of hydrogen-bond acceptors (Lipinski definition) is 5. The minimum Gasteiger partial charge on any atom is -0.388 e. The molecule has 0 aliphatic carbocycles. The van der Waals surface area contributed by atoms with Gasteiger partial charge >= 0.3 is 0 Å². The Balaban J connectivity index is 2.57. The fourth-order valence-corrected chi connectivity index (χ4v) is 1.55. The van der Waals surface area contributed by atoms with E-state index in [1.54, 1.807) is 30.1 Å². The fourth-order valence-electron chi connectivity index (χ4n) is 1.55. The van der Waals surface area contributed by atoms with Crippen LogP contribution in [0.15, 0.2) is 41.8 Å². The van der Waals surface area contributed by atoms with Crippen LogP contribution in [0.3, 0.4) is 0 Å². The topological polar surface area (TPSA) is 78.9 Å². The number of rotatable bonds is 4.